The molecule has 3 rings (SSSR count). The minimum absolute atomic E-state index is 0.312. The predicted molar refractivity (Wildman–Crippen MR) is 114 cm³/mol. The van der Waals surface area contributed by atoms with Gasteiger partial charge in [-0.2, -0.15) is 4.98 Å². The molecule has 28 heavy (non-hydrogen) atoms. The molecular formula is C22H26N4O2. The van der Waals surface area contributed by atoms with Crippen molar-refractivity contribution in [2.45, 2.75) is 26.3 Å². The second-order valence-electron chi connectivity index (χ2n) is 6.48. The van der Waals surface area contributed by atoms with E-state index in [1.165, 1.54) is 0 Å². The number of aromatic nitrogens is 2. The highest BCUT2D eigenvalue weighted by atomic mass is 16.5. The van der Waals surface area contributed by atoms with Crippen LogP contribution in [0.1, 0.15) is 20.3 Å². The van der Waals surface area contributed by atoms with Gasteiger partial charge in [-0.1, -0.05) is 37.3 Å². The summed E-state index contributed by atoms with van der Waals surface area (Å²) in [7, 11) is 3.23. The first-order valence-corrected chi connectivity index (χ1v) is 9.33. The molecule has 3 aromatic rings. The highest BCUT2D eigenvalue weighted by Gasteiger charge is 2.10. The number of methoxy groups -OCH3 is 2. The molecule has 0 aliphatic heterocycles. The smallest absolute Gasteiger partial charge is 0.229 e. The van der Waals surface area contributed by atoms with Crippen molar-refractivity contribution in [2.75, 3.05) is 24.9 Å². The van der Waals surface area contributed by atoms with E-state index in [0.29, 0.717) is 23.5 Å². The average molecular weight is 378 g/mol. The van der Waals surface area contributed by atoms with Crippen LogP contribution in [0.2, 0.25) is 0 Å². The number of rotatable bonds is 8. The summed E-state index contributed by atoms with van der Waals surface area (Å²) in [6.07, 6.45) is 1.00. The number of nitrogens with zero attached hydrogens (tertiary/aromatic N) is 2. The summed E-state index contributed by atoms with van der Waals surface area (Å²) in [6, 6.07) is 18.0. The monoisotopic (exact) mass is 378 g/mol. The van der Waals surface area contributed by atoms with Crippen molar-refractivity contribution in [3.05, 3.63) is 54.6 Å². The number of benzene rings is 2. The third kappa shape index (κ3) is 4.71. The molecule has 1 unspecified atom stereocenters. The van der Waals surface area contributed by atoms with Gasteiger partial charge in [0.05, 0.1) is 19.9 Å². The summed E-state index contributed by atoms with van der Waals surface area (Å²) < 4.78 is 10.7. The summed E-state index contributed by atoms with van der Waals surface area (Å²) >= 11 is 0. The number of hydrogen-bond donors (Lipinski definition) is 2. The van der Waals surface area contributed by atoms with E-state index in [4.69, 9.17) is 14.5 Å². The zero-order valence-electron chi connectivity index (χ0n) is 16.7. The molecule has 6 nitrogen and oxygen atoms in total. The molecule has 6 heteroatoms. The second kappa shape index (κ2) is 9.08. The standard InChI is InChI=1S/C22H26N4O2/c1-5-15(2)23-21-14-18(16-9-7-6-8-10-16)25-22(26-21)24-17-11-12-19(27-3)20(13-17)28-4/h6-15H,5H2,1-4H3,(H2,23,24,25,26). The van der Waals surface area contributed by atoms with Crippen LogP contribution in [0.3, 0.4) is 0 Å². The summed E-state index contributed by atoms with van der Waals surface area (Å²) in [5, 5.41) is 6.71. The minimum Gasteiger partial charge on any atom is -0.493 e. The van der Waals surface area contributed by atoms with Crippen LogP contribution >= 0.6 is 0 Å². The van der Waals surface area contributed by atoms with Crippen LogP contribution in [0.25, 0.3) is 11.3 Å². The highest BCUT2D eigenvalue weighted by Crippen LogP contribution is 2.31. The van der Waals surface area contributed by atoms with E-state index in [0.717, 1.165) is 29.2 Å². The van der Waals surface area contributed by atoms with Crippen LogP contribution in [-0.2, 0) is 0 Å². The molecule has 146 valence electrons. The molecule has 0 amide bonds. The van der Waals surface area contributed by atoms with Crippen LogP contribution in [-0.4, -0.2) is 30.2 Å². The molecule has 0 bridgehead atoms. The van der Waals surface area contributed by atoms with Crippen LogP contribution < -0.4 is 20.1 Å². The summed E-state index contributed by atoms with van der Waals surface area (Å²) in [5.41, 5.74) is 2.70. The Kier molecular flexibility index (Phi) is 6.32. The maximum absolute atomic E-state index is 5.38. The van der Waals surface area contributed by atoms with Crippen LogP contribution in [0, 0.1) is 0 Å². The molecule has 2 N–H and O–H groups in total. The lowest BCUT2D eigenvalue weighted by Crippen LogP contribution is -2.15. The van der Waals surface area contributed by atoms with E-state index in [1.54, 1.807) is 14.2 Å². The Labute approximate surface area is 166 Å². The molecule has 0 saturated heterocycles. The van der Waals surface area contributed by atoms with Crippen molar-refractivity contribution in [2.24, 2.45) is 0 Å². The Morgan fingerprint density at radius 3 is 2.36 bits per heavy atom. The van der Waals surface area contributed by atoms with E-state index >= 15 is 0 Å². The Bertz CT molecular complexity index is 916. The second-order valence-corrected chi connectivity index (χ2v) is 6.48. The van der Waals surface area contributed by atoms with Gasteiger partial charge in [-0.25, -0.2) is 4.98 Å². The molecule has 2 aromatic carbocycles. The third-order valence-electron chi connectivity index (χ3n) is 4.44. The van der Waals surface area contributed by atoms with Crippen molar-refractivity contribution < 1.29 is 9.47 Å². The third-order valence-corrected chi connectivity index (χ3v) is 4.44. The van der Waals surface area contributed by atoms with E-state index in [9.17, 15) is 0 Å². The largest absolute Gasteiger partial charge is 0.493 e. The van der Waals surface area contributed by atoms with Crippen LogP contribution in [0.5, 0.6) is 11.5 Å². The summed E-state index contributed by atoms with van der Waals surface area (Å²) in [4.78, 5) is 9.33. The Morgan fingerprint density at radius 1 is 0.929 bits per heavy atom. The fraction of sp³-hybridized carbons (Fsp3) is 0.273. The number of anilines is 3. The van der Waals surface area contributed by atoms with Crippen molar-refractivity contribution in [1.82, 2.24) is 9.97 Å². The topological polar surface area (TPSA) is 68.3 Å². The zero-order valence-corrected chi connectivity index (χ0v) is 16.7. The predicted octanol–water partition coefficient (Wildman–Crippen LogP) is 5.11. The van der Waals surface area contributed by atoms with Crippen molar-refractivity contribution in [1.29, 1.82) is 0 Å². The Hall–Kier alpha value is -3.28. The van der Waals surface area contributed by atoms with Gasteiger partial charge in [0.2, 0.25) is 5.95 Å². The fourth-order valence-electron chi connectivity index (χ4n) is 2.73. The first-order chi connectivity index (χ1) is 13.6. The number of nitrogens with one attached hydrogen (secondary N) is 2. The first kappa shape index (κ1) is 19.5. The van der Waals surface area contributed by atoms with Crippen molar-refractivity contribution >= 4 is 17.5 Å². The molecular weight excluding hydrogens is 352 g/mol. The zero-order chi connectivity index (χ0) is 19.9. The molecule has 0 spiro atoms. The molecule has 0 aliphatic carbocycles. The van der Waals surface area contributed by atoms with Gasteiger partial charge in [-0.3, -0.25) is 0 Å². The lowest BCUT2D eigenvalue weighted by molar-refractivity contribution is 0.355. The van der Waals surface area contributed by atoms with Gasteiger partial charge in [0, 0.05) is 29.4 Å². The van der Waals surface area contributed by atoms with Crippen molar-refractivity contribution in [3.8, 4) is 22.8 Å². The van der Waals surface area contributed by atoms with Crippen LogP contribution in [0.15, 0.2) is 54.6 Å². The van der Waals surface area contributed by atoms with E-state index < -0.39 is 0 Å². The average Bonchev–Trinajstić information content (AvgIpc) is 2.74. The number of ether oxygens (including phenoxy) is 2. The van der Waals surface area contributed by atoms with Gasteiger partial charge < -0.3 is 20.1 Å². The summed E-state index contributed by atoms with van der Waals surface area (Å²) in [5.74, 6) is 2.61. The molecule has 0 fully saturated rings. The SMILES string of the molecule is CCC(C)Nc1cc(-c2ccccc2)nc(Nc2ccc(OC)c(OC)c2)n1. The lowest BCUT2D eigenvalue weighted by Gasteiger charge is -2.15. The molecule has 1 aromatic heterocycles. The Balaban J connectivity index is 1.96. The molecule has 0 aliphatic rings. The fourth-order valence-corrected chi connectivity index (χ4v) is 2.73. The van der Waals surface area contributed by atoms with E-state index in [1.807, 2.05) is 54.6 Å². The lowest BCUT2D eigenvalue weighted by atomic mass is 10.1. The van der Waals surface area contributed by atoms with E-state index in [2.05, 4.69) is 29.5 Å². The van der Waals surface area contributed by atoms with Gasteiger partial charge in [0.15, 0.2) is 11.5 Å². The van der Waals surface area contributed by atoms with Gasteiger partial charge in [-0.05, 0) is 25.5 Å². The minimum atomic E-state index is 0.312. The molecule has 1 atom stereocenters. The van der Waals surface area contributed by atoms with Crippen LogP contribution in [0.4, 0.5) is 17.5 Å². The van der Waals surface area contributed by atoms with Gasteiger partial charge in [-0.15, -0.1) is 0 Å². The van der Waals surface area contributed by atoms with E-state index in [-0.39, 0.29) is 0 Å². The number of hydrogen-bond acceptors (Lipinski definition) is 6. The molecule has 0 saturated carbocycles. The van der Waals surface area contributed by atoms with Gasteiger partial charge in [0.25, 0.3) is 0 Å². The Morgan fingerprint density at radius 2 is 1.68 bits per heavy atom. The molecule has 0 radical (unpaired) electrons. The van der Waals surface area contributed by atoms with Crippen molar-refractivity contribution in [3.63, 3.8) is 0 Å². The normalized spacial score (nSPS) is 11.6. The quantitative estimate of drug-likeness (QED) is 0.567. The first-order valence-electron chi connectivity index (χ1n) is 9.33. The van der Waals surface area contributed by atoms with Gasteiger partial charge >= 0.3 is 0 Å². The maximum atomic E-state index is 5.38. The highest BCUT2D eigenvalue weighted by molar-refractivity contribution is 5.67. The van der Waals surface area contributed by atoms with Gasteiger partial charge in [0.1, 0.15) is 5.82 Å². The summed E-state index contributed by atoms with van der Waals surface area (Å²) in [6.45, 7) is 4.27. The maximum Gasteiger partial charge on any atom is 0.229 e. The molecule has 1 heterocycles.